The van der Waals surface area contributed by atoms with Gasteiger partial charge in [0.05, 0.1) is 6.61 Å². The highest BCUT2D eigenvalue weighted by atomic mass is 16.6. The lowest BCUT2D eigenvalue weighted by Gasteiger charge is -2.02. The average molecular weight is 301 g/mol. The van der Waals surface area contributed by atoms with E-state index < -0.39 is 0 Å². The number of nitrogens with zero attached hydrogens (tertiary/aromatic N) is 2. The number of anilines is 1. The van der Waals surface area contributed by atoms with E-state index >= 15 is 0 Å². The Morgan fingerprint density at radius 2 is 2.09 bits per heavy atom. The SMILES string of the molecule is CCOc1nc2cc(NC(=O)c3nc(C)oc3C)ccc2o1. The van der Waals surface area contributed by atoms with Gasteiger partial charge in [-0.15, -0.1) is 0 Å². The zero-order chi connectivity index (χ0) is 15.7. The molecule has 0 fully saturated rings. The van der Waals surface area contributed by atoms with Crippen LogP contribution in [0.15, 0.2) is 27.0 Å². The van der Waals surface area contributed by atoms with Crippen molar-refractivity contribution in [1.82, 2.24) is 9.97 Å². The van der Waals surface area contributed by atoms with Crippen LogP contribution in [0, 0.1) is 13.8 Å². The Morgan fingerprint density at radius 1 is 1.27 bits per heavy atom. The molecule has 1 amide bonds. The normalized spacial score (nSPS) is 10.9. The molecule has 0 aliphatic carbocycles. The van der Waals surface area contributed by atoms with Crippen LogP contribution in [0.1, 0.15) is 29.1 Å². The molecule has 114 valence electrons. The van der Waals surface area contributed by atoms with Crippen LogP contribution in [0.3, 0.4) is 0 Å². The van der Waals surface area contributed by atoms with Crippen LogP contribution >= 0.6 is 0 Å². The number of nitrogens with one attached hydrogen (secondary N) is 1. The van der Waals surface area contributed by atoms with Gasteiger partial charge in [0.2, 0.25) is 0 Å². The quantitative estimate of drug-likeness (QED) is 0.796. The highest BCUT2D eigenvalue weighted by Gasteiger charge is 2.16. The fraction of sp³-hybridized carbons (Fsp3) is 0.267. The first kappa shape index (κ1) is 14.1. The lowest BCUT2D eigenvalue weighted by Crippen LogP contribution is -2.13. The highest BCUT2D eigenvalue weighted by Crippen LogP contribution is 2.24. The summed E-state index contributed by atoms with van der Waals surface area (Å²) in [4.78, 5) is 20.4. The van der Waals surface area contributed by atoms with Crippen molar-refractivity contribution in [2.24, 2.45) is 0 Å². The van der Waals surface area contributed by atoms with Crippen LogP contribution in [0.5, 0.6) is 6.08 Å². The molecule has 0 aliphatic heterocycles. The Labute approximate surface area is 126 Å². The molecule has 1 N–H and O–H groups in total. The van der Waals surface area contributed by atoms with Gasteiger partial charge in [-0.3, -0.25) is 4.79 Å². The maximum atomic E-state index is 12.2. The van der Waals surface area contributed by atoms with Gasteiger partial charge < -0.3 is 18.9 Å². The number of aromatic nitrogens is 2. The fourth-order valence-corrected chi connectivity index (χ4v) is 2.10. The summed E-state index contributed by atoms with van der Waals surface area (Å²) >= 11 is 0. The van der Waals surface area contributed by atoms with E-state index in [0.717, 1.165) is 0 Å². The minimum Gasteiger partial charge on any atom is -0.450 e. The van der Waals surface area contributed by atoms with Gasteiger partial charge in [-0.2, -0.15) is 4.98 Å². The second-order valence-electron chi connectivity index (χ2n) is 4.69. The summed E-state index contributed by atoms with van der Waals surface area (Å²) in [6.07, 6.45) is 0.212. The van der Waals surface area contributed by atoms with Gasteiger partial charge in [0.25, 0.3) is 5.91 Å². The number of hydrogen-bond donors (Lipinski definition) is 1. The van der Waals surface area contributed by atoms with Crippen LogP contribution < -0.4 is 10.1 Å². The number of carbonyl (C=O) groups is 1. The third-order valence-electron chi connectivity index (χ3n) is 3.01. The van der Waals surface area contributed by atoms with E-state index in [9.17, 15) is 4.79 Å². The van der Waals surface area contributed by atoms with Crippen molar-refractivity contribution in [2.45, 2.75) is 20.8 Å². The molecular formula is C15H15N3O4. The molecule has 7 heteroatoms. The summed E-state index contributed by atoms with van der Waals surface area (Å²) in [5.41, 5.74) is 2.06. The standard InChI is InChI=1S/C15H15N3O4/c1-4-20-15-18-11-7-10(5-6-12(11)22-15)17-14(19)13-8(2)21-9(3)16-13/h5-7H,4H2,1-3H3,(H,17,19). The number of fused-ring (bicyclic) bond motifs is 1. The zero-order valence-corrected chi connectivity index (χ0v) is 12.5. The predicted molar refractivity (Wildman–Crippen MR) is 79.1 cm³/mol. The maximum Gasteiger partial charge on any atom is 0.394 e. The predicted octanol–water partition coefficient (Wildman–Crippen LogP) is 3.08. The van der Waals surface area contributed by atoms with Crippen LogP contribution in [-0.4, -0.2) is 22.5 Å². The number of benzene rings is 1. The smallest absolute Gasteiger partial charge is 0.394 e. The number of carbonyl (C=O) groups excluding carboxylic acids is 1. The molecule has 0 atom stereocenters. The zero-order valence-electron chi connectivity index (χ0n) is 12.5. The number of rotatable bonds is 4. The van der Waals surface area contributed by atoms with Crippen LogP contribution in [0.2, 0.25) is 0 Å². The Hall–Kier alpha value is -2.83. The summed E-state index contributed by atoms with van der Waals surface area (Å²) in [6, 6.07) is 5.16. The number of amides is 1. The fourth-order valence-electron chi connectivity index (χ4n) is 2.10. The average Bonchev–Trinajstić information content (AvgIpc) is 3.01. The van der Waals surface area contributed by atoms with Gasteiger partial charge >= 0.3 is 6.08 Å². The Bertz CT molecular complexity index is 835. The van der Waals surface area contributed by atoms with Gasteiger partial charge in [-0.05, 0) is 32.0 Å². The first-order valence-electron chi connectivity index (χ1n) is 6.85. The molecule has 0 unspecified atom stereocenters. The van der Waals surface area contributed by atoms with Crippen LogP contribution in [0.4, 0.5) is 5.69 Å². The van der Waals surface area contributed by atoms with Crippen molar-refractivity contribution in [1.29, 1.82) is 0 Å². The summed E-state index contributed by atoms with van der Waals surface area (Å²) in [6.45, 7) is 5.72. The van der Waals surface area contributed by atoms with Crippen LogP contribution in [0.25, 0.3) is 11.1 Å². The van der Waals surface area contributed by atoms with Crippen molar-refractivity contribution in [3.63, 3.8) is 0 Å². The molecule has 2 aromatic heterocycles. The van der Waals surface area contributed by atoms with E-state index in [1.165, 1.54) is 0 Å². The summed E-state index contributed by atoms with van der Waals surface area (Å²) < 4.78 is 15.9. The van der Waals surface area contributed by atoms with Crippen LogP contribution in [-0.2, 0) is 0 Å². The molecule has 22 heavy (non-hydrogen) atoms. The van der Waals surface area contributed by atoms with E-state index in [2.05, 4.69) is 15.3 Å². The molecule has 0 spiro atoms. The molecular weight excluding hydrogens is 286 g/mol. The van der Waals surface area contributed by atoms with Gasteiger partial charge in [-0.25, -0.2) is 4.98 Å². The summed E-state index contributed by atoms with van der Waals surface area (Å²) in [5, 5.41) is 2.76. The number of hydrogen-bond acceptors (Lipinski definition) is 6. The second-order valence-corrected chi connectivity index (χ2v) is 4.69. The molecule has 0 radical (unpaired) electrons. The minimum absolute atomic E-state index is 0.212. The third-order valence-corrected chi connectivity index (χ3v) is 3.01. The van der Waals surface area contributed by atoms with E-state index in [4.69, 9.17) is 13.6 Å². The minimum atomic E-state index is -0.331. The van der Waals surface area contributed by atoms with Gasteiger partial charge in [0.15, 0.2) is 17.2 Å². The van der Waals surface area contributed by atoms with E-state index in [0.29, 0.717) is 35.0 Å². The molecule has 0 saturated carbocycles. The topological polar surface area (TPSA) is 90.4 Å². The first-order chi connectivity index (χ1) is 10.6. The second kappa shape index (κ2) is 5.51. The highest BCUT2D eigenvalue weighted by molar-refractivity contribution is 6.04. The number of oxazole rings is 2. The molecule has 3 rings (SSSR count). The van der Waals surface area contributed by atoms with E-state index in [-0.39, 0.29) is 17.7 Å². The van der Waals surface area contributed by atoms with Crippen molar-refractivity contribution >= 4 is 22.7 Å². The summed E-state index contributed by atoms with van der Waals surface area (Å²) in [5.74, 6) is 0.606. The molecule has 0 bridgehead atoms. The van der Waals surface area contributed by atoms with E-state index in [1.807, 2.05) is 6.92 Å². The first-order valence-corrected chi connectivity index (χ1v) is 6.85. The summed E-state index contributed by atoms with van der Waals surface area (Å²) in [7, 11) is 0. The lowest BCUT2D eigenvalue weighted by atomic mass is 10.2. The van der Waals surface area contributed by atoms with Crippen molar-refractivity contribution in [2.75, 3.05) is 11.9 Å². The molecule has 0 saturated heterocycles. The molecule has 7 nitrogen and oxygen atoms in total. The Kier molecular flexibility index (Phi) is 3.54. The third kappa shape index (κ3) is 2.65. The molecule has 3 aromatic rings. The monoisotopic (exact) mass is 301 g/mol. The van der Waals surface area contributed by atoms with Crippen molar-refractivity contribution in [3.05, 3.63) is 35.5 Å². The number of ether oxygens (including phenoxy) is 1. The Balaban J connectivity index is 1.84. The van der Waals surface area contributed by atoms with Gasteiger partial charge in [0.1, 0.15) is 11.3 Å². The van der Waals surface area contributed by atoms with Gasteiger partial charge in [-0.1, -0.05) is 0 Å². The molecule has 0 aliphatic rings. The largest absolute Gasteiger partial charge is 0.450 e. The van der Waals surface area contributed by atoms with E-state index in [1.54, 1.807) is 32.0 Å². The lowest BCUT2D eigenvalue weighted by molar-refractivity contribution is 0.102. The molecule has 2 heterocycles. The number of aryl methyl sites for hydroxylation is 2. The van der Waals surface area contributed by atoms with Crippen molar-refractivity contribution < 1.29 is 18.4 Å². The maximum absolute atomic E-state index is 12.2. The Morgan fingerprint density at radius 3 is 2.77 bits per heavy atom. The van der Waals surface area contributed by atoms with Crippen molar-refractivity contribution in [3.8, 4) is 6.08 Å². The van der Waals surface area contributed by atoms with Gasteiger partial charge in [0, 0.05) is 12.6 Å². The molecule has 1 aromatic carbocycles.